The molecular formula is C15H22N4O3S. The van der Waals surface area contributed by atoms with Crippen molar-refractivity contribution in [3.05, 3.63) is 11.1 Å². The second-order valence-electron chi connectivity index (χ2n) is 6.14. The third-order valence-corrected chi connectivity index (χ3v) is 5.18. The maximum atomic E-state index is 12.1. The minimum absolute atomic E-state index is 0.109. The van der Waals surface area contributed by atoms with Gasteiger partial charge in [0.05, 0.1) is 12.2 Å². The largest absolute Gasteiger partial charge is 0.480 e. The fourth-order valence-corrected chi connectivity index (χ4v) is 3.96. The van der Waals surface area contributed by atoms with Gasteiger partial charge in [-0.05, 0) is 45.3 Å². The molecule has 23 heavy (non-hydrogen) atoms. The normalized spacial score (nSPS) is 22.5. The summed E-state index contributed by atoms with van der Waals surface area (Å²) in [4.78, 5) is 31.8. The second kappa shape index (κ2) is 7.37. The summed E-state index contributed by atoms with van der Waals surface area (Å²) in [5.41, 5.74) is 0.983. The molecule has 2 N–H and O–H groups in total. The lowest BCUT2D eigenvalue weighted by Crippen LogP contribution is -2.40. The van der Waals surface area contributed by atoms with E-state index in [1.165, 1.54) is 24.2 Å². The lowest BCUT2D eigenvalue weighted by Gasteiger charge is -2.19. The van der Waals surface area contributed by atoms with Crippen molar-refractivity contribution in [2.75, 3.05) is 31.5 Å². The molecule has 1 aromatic rings. The zero-order chi connectivity index (χ0) is 16.2. The molecular weight excluding hydrogens is 316 g/mol. The molecule has 0 aromatic carbocycles. The van der Waals surface area contributed by atoms with E-state index in [4.69, 9.17) is 5.11 Å². The van der Waals surface area contributed by atoms with Crippen LogP contribution in [0.15, 0.2) is 5.38 Å². The molecule has 2 aliphatic rings. The van der Waals surface area contributed by atoms with E-state index in [-0.39, 0.29) is 12.5 Å². The maximum absolute atomic E-state index is 12.1. The summed E-state index contributed by atoms with van der Waals surface area (Å²) in [6, 6.07) is -0.539. The number of carbonyl (C=O) groups excluding carboxylic acids is 1. The third-order valence-electron chi connectivity index (χ3n) is 4.38. The molecule has 3 heterocycles. The summed E-state index contributed by atoms with van der Waals surface area (Å²) in [5, 5.41) is 14.5. The molecule has 0 saturated carbocycles. The maximum Gasteiger partial charge on any atom is 0.320 e. The van der Waals surface area contributed by atoms with Gasteiger partial charge in [-0.3, -0.25) is 19.4 Å². The van der Waals surface area contributed by atoms with Gasteiger partial charge >= 0.3 is 5.97 Å². The third kappa shape index (κ3) is 4.27. The first-order valence-corrected chi connectivity index (χ1v) is 8.93. The SMILES string of the molecule is O=C(CN1CCC[C@@H]1C(=O)O)Nc1nc(CN2CCCC2)cs1. The van der Waals surface area contributed by atoms with Gasteiger partial charge in [-0.1, -0.05) is 0 Å². The molecule has 1 aromatic heterocycles. The highest BCUT2D eigenvalue weighted by atomic mass is 32.1. The Morgan fingerprint density at radius 2 is 2.09 bits per heavy atom. The monoisotopic (exact) mass is 338 g/mol. The Morgan fingerprint density at radius 1 is 1.30 bits per heavy atom. The zero-order valence-electron chi connectivity index (χ0n) is 13.0. The lowest BCUT2D eigenvalue weighted by atomic mass is 10.2. The van der Waals surface area contributed by atoms with Crippen molar-refractivity contribution in [1.82, 2.24) is 14.8 Å². The first-order chi connectivity index (χ1) is 11.1. The number of hydrogen-bond donors (Lipinski definition) is 2. The van der Waals surface area contributed by atoms with Gasteiger partial charge in [0.1, 0.15) is 6.04 Å². The summed E-state index contributed by atoms with van der Waals surface area (Å²) < 4.78 is 0. The van der Waals surface area contributed by atoms with Gasteiger partial charge in [0.25, 0.3) is 0 Å². The summed E-state index contributed by atoms with van der Waals surface area (Å²) >= 11 is 1.42. The zero-order valence-corrected chi connectivity index (χ0v) is 13.8. The van der Waals surface area contributed by atoms with Crippen LogP contribution in [0, 0.1) is 0 Å². The van der Waals surface area contributed by atoms with Crippen LogP contribution in [0.25, 0.3) is 0 Å². The molecule has 0 radical (unpaired) electrons. The summed E-state index contributed by atoms with van der Waals surface area (Å²) in [6.07, 6.45) is 3.92. The molecule has 2 saturated heterocycles. The van der Waals surface area contributed by atoms with Gasteiger partial charge < -0.3 is 10.4 Å². The number of carboxylic acid groups (broad SMARTS) is 1. The van der Waals surface area contributed by atoms with Crippen molar-refractivity contribution in [1.29, 1.82) is 0 Å². The first-order valence-electron chi connectivity index (χ1n) is 8.05. The van der Waals surface area contributed by atoms with Gasteiger partial charge in [-0.25, -0.2) is 4.98 Å². The van der Waals surface area contributed by atoms with Crippen molar-refractivity contribution >= 4 is 28.3 Å². The molecule has 0 spiro atoms. The summed E-state index contributed by atoms with van der Waals surface area (Å²) in [5.74, 6) is -1.04. The average Bonchev–Trinajstić information content (AvgIpc) is 3.21. The van der Waals surface area contributed by atoms with E-state index in [2.05, 4.69) is 15.2 Å². The minimum Gasteiger partial charge on any atom is -0.480 e. The number of thiazole rings is 1. The number of carbonyl (C=O) groups is 2. The Balaban J connectivity index is 1.49. The molecule has 2 fully saturated rings. The average molecular weight is 338 g/mol. The van der Waals surface area contributed by atoms with Crippen LogP contribution in [-0.2, 0) is 16.1 Å². The van der Waals surface area contributed by atoms with E-state index in [1.54, 1.807) is 4.90 Å². The van der Waals surface area contributed by atoms with Gasteiger partial charge in [0, 0.05) is 11.9 Å². The fraction of sp³-hybridized carbons (Fsp3) is 0.667. The van der Waals surface area contributed by atoms with Crippen molar-refractivity contribution in [2.45, 2.75) is 38.3 Å². The molecule has 0 bridgehead atoms. The number of hydrogen-bond acceptors (Lipinski definition) is 6. The van der Waals surface area contributed by atoms with Crippen LogP contribution in [0.2, 0.25) is 0 Å². The summed E-state index contributed by atoms with van der Waals surface area (Å²) in [6.45, 7) is 3.83. The van der Waals surface area contributed by atoms with Crippen LogP contribution in [-0.4, -0.2) is 64.0 Å². The minimum atomic E-state index is -0.850. The molecule has 2 aliphatic heterocycles. The standard InChI is InChI=1S/C15H22N4O3S/c20-13(9-19-7-3-4-12(19)14(21)22)17-15-16-11(10-23-15)8-18-5-1-2-6-18/h10,12H,1-9H2,(H,21,22)(H,16,17,20)/t12-/m1/s1. The van der Waals surface area contributed by atoms with Crippen LogP contribution in [0.5, 0.6) is 0 Å². The van der Waals surface area contributed by atoms with Gasteiger partial charge in [-0.2, -0.15) is 0 Å². The highest BCUT2D eigenvalue weighted by Gasteiger charge is 2.31. The molecule has 0 unspecified atom stereocenters. The molecule has 8 heteroatoms. The van der Waals surface area contributed by atoms with E-state index in [1.807, 2.05) is 5.38 Å². The van der Waals surface area contributed by atoms with E-state index < -0.39 is 12.0 Å². The number of nitrogens with zero attached hydrogens (tertiary/aromatic N) is 3. The van der Waals surface area contributed by atoms with Crippen LogP contribution in [0.4, 0.5) is 5.13 Å². The van der Waals surface area contributed by atoms with Crippen LogP contribution in [0.3, 0.4) is 0 Å². The van der Waals surface area contributed by atoms with Crippen molar-refractivity contribution in [3.8, 4) is 0 Å². The second-order valence-corrected chi connectivity index (χ2v) is 7.00. The quantitative estimate of drug-likeness (QED) is 0.811. The van der Waals surface area contributed by atoms with E-state index >= 15 is 0 Å². The first kappa shape index (κ1) is 16.4. The number of rotatable bonds is 6. The van der Waals surface area contributed by atoms with Crippen LogP contribution in [0.1, 0.15) is 31.4 Å². The molecule has 0 aliphatic carbocycles. The van der Waals surface area contributed by atoms with Gasteiger partial charge in [0.2, 0.25) is 5.91 Å². The fourth-order valence-electron chi connectivity index (χ4n) is 3.25. The Kier molecular flexibility index (Phi) is 5.24. The Bertz CT molecular complexity index is 571. The predicted octanol–water partition coefficient (Wildman–Crippen LogP) is 1.23. The van der Waals surface area contributed by atoms with E-state index in [0.717, 1.165) is 31.7 Å². The lowest BCUT2D eigenvalue weighted by molar-refractivity contribution is -0.142. The van der Waals surface area contributed by atoms with Crippen molar-refractivity contribution < 1.29 is 14.7 Å². The van der Waals surface area contributed by atoms with Crippen LogP contribution >= 0.6 is 11.3 Å². The van der Waals surface area contributed by atoms with Crippen LogP contribution < -0.4 is 5.32 Å². The number of aromatic nitrogens is 1. The Hall–Kier alpha value is -1.51. The highest BCUT2D eigenvalue weighted by Crippen LogP contribution is 2.20. The molecule has 7 nitrogen and oxygen atoms in total. The van der Waals surface area contributed by atoms with Crippen molar-refractivity contribution in [3.63, 3.8) is 0 Å². The number of aliphatic carboxylic acids is 1. The number of amides is 1. The number of likely N-dealkylation sites (tertiary alicyclic amines) is 2. The topological polar surface area (TPSA) is 85.8 Å². The van der Waals surface area contributed by atoms with Gasteiger partial charge in [-0.15, -0.1) is 11.3 Å². The van der Waals surface area contributed by atoms with Crippen molar-refractivity contribution in [2.24, 2.45) is 0 Å². The molecule has 1 amide bonds. The van der Waals surface area contributed by atoms with E-state index in [0.29, 0.717) is 18.1 Å². The number of nitrogens with one attached hydrogen (secondary N) is 1. The Morgan fingerprint density at radius 3 is 2.83 bits per heavy atom. The predicted molar refractivity (Wildman–Crippen MR) is 87.5 cm³/mol. The molecule has 1 atom stereocenters. The smallest absolute Gasteiger partial charge is 0.320 e. The summed E-state index contributed by atoms with van der Waals surface area (Å²) in [7, 11) is 0. The molecule has 126 valence electrons. The molecule has 3 rings (SSSR count). The Labute approximate surface area is 139 Å². The highest BCUT2D eigenvalue weighted by molar-refractivity contribution is 7.13. The van der Waals surface area contributed by atoms with Gasteiger partial charge in [0.15, 0.2) is 5.13 Å². The number of carboxylic acids is 1. The van der Waals surface area contributed by atoms with E-state index in [9.17, 15) is 9.59 Å². The number of anilines is 1.